The second kappa shape index (κ2) is 10.2. The van der Waals surface area contributed by atoms with Crippen LogP contribution in [0.5, 0.6) is 11.5 Å². The van der Waals surface area contributed by atoms with E-state index in [0.29, 0.717) is 33.5 Å². The quantitative estimate of drug-likeness (QED) is 0.373. The summed E-state index contributed by atoms with van der Waals surface area (Å²) >= 11 is 6.04. The Morgan fingerprint density at radius 3 is 2.62 bits per heavy atom. The van der Waals surface area contributed by atoms with Gasteiger partial charge >= 0.3 is 5.97 Å². The second-order valence-corrected chi connectivity index (χ2v) is 6.78. The van der Waals surface area contributed by atoms with Crippen LogP contribution in [-0.2, 0) is 11.4 Å². The molecular formula is C23H17ClN2O6. The number of methoxy groups -OCH3 is 1. The maximum absolute atomic E-state index is 12.5. The first-order chi connectivity index (χ1) is 15.4. The van der Waals surface area contributed by atoms with Crippen LogP contribution in [0.1, 0.15) is 21.9 Å². The molecule has 1 heterocycles. The molecule has 0 aliphatic heterocycles. The Balaban J connectivity index is 1.75. The molecule has 2 N–H and O–H groups in total. The number of rotatable bonds is 8. The van der Waals surface area contributed by atoms with Crippen molar-refractivity contribution < 1.29 is 28.6 Å². The van der Waals surface area contributed by atoms with Crippen LogP contribution < -0.4 is 14.8 Å². The van der Waals surface area contributed by atoms with Gasteiger partial charge in [0.15, 0.2) is 11.5 Å². The van der Waals surface area contributed by atoms with Gasteiger partial charge in [-0.3, -0.25) is 4.79 Å². The first kappa shape index (κ1) is 22.5. The number of carbonyl (C=O) groups is 2. The number of anilines is 1. The third kappa shape index (κ3) is 5.47. The summed E-state index contributed by atoms with van der Waals surface area (Å²) in [5, 5.41) is 21.3. The van der Waals surface area contributed by atoms with Crippen molar-refractivity contribution in [3.63, 3.8) is 0 Å². The standard InChI is InChI=1S/C23H17ClN2O6/c1-30-21-11-14(6-8-19(21)31-13-16-7-9-20(32-16)23(28)29)10-15(12-25)22(27)26-18-5-3-2-4-17(18)24/h2-11H,13H2,1H3,(H,26,27)(H,28,29)/b15-10-. The summed E-state index contributed by atoms with van der Waals surface area (Å²) in [6, 6.07) is 16.3. The molecule has 0 saturated carbocycles. The number of hydrogen-bond acceptors (Lipinski definition) is 6. The molecule has 0 radical (unpaired) electrons. The van der Waals surface area contributed by atoms with Gasteiger partial charge in [-0.1, -0.05) is 29.8 Å². The Kier molecular flexibility index (Phi) is 7.16. The summed E-state index contributed by atoms with van der Waals surface area (Å²) in [6.45, 7) is -0.0114. The zero-order chi connectivity index (χ0) is 23.1. The van der Waals surface area contributed by atoms with Crippen molar-refractivity contribution in [2.24, 2.45) is 0 Å². The van der Waals surface area contributed by atoms with Gasteiger partial charge in [0, 0.05) is 0 Å². The minimum atomic E-state index is -1.17. The number of hydrogen-bond donors (Lipinski definition) is 2. The lowest BCUT2D eigenvalue weighted by atomic mass is 10.1. The highest BCUT2D eigenvalue weighted by Crippen LogP contribution is 2.30. The predicted octanol–water partition coefficient (Wildman–Crippen LogP) is 4.76. The summed E-state index contributed by atoms with van der Waals surface area (Å²) in [5.74, 6) is -0.903. The maximum Gasteiger partial charge on any atom is 0.371 e. The van der Waals surface area contributed by atoms with E-state index in [1.807, 2.05) is 6.07 Å². The fourth-order valence-corrected chi connectivity index (χ4v) is 2.86. The lowest BCUT2D eigenvalue weighted by Crippen LogP contribution is -2.13. The van der Waals surface area contributed by atoms with Gasteiger partial charge in [-0.25, -0.2) is 4.79 Å². The number of halogens is 1. The Morgan fingerprint density at radius 1 is 1.19 bits per heavy atom. The van der Waals surface area contributed by atoms with Crippen LogP contribution in [0.15, 0.2) is 64.6 Å². The fourth-order valence-electron chi connectivity index (χ4n) is 2.68. The molecule has 9 heteroatoms. The zero-order valence-corrected chi connectivity index (χ0v) is 17.6. The molecule has 0 aliphatic carbocycles. The Hall–Kier alpha value is -4.22. The lowest BCUT2D eigenvalue weighted by molar-refractivity contribution is -0.112. The Bertz CT molecular complexity index is 1230. The third-order valence-corrected chi connectivity index (χ3v) is 4.56. The Labute approximate surface area is 188 Å². The van der Waals surface area contributed by atoms with Crippen molar-refractivity contribution in [3.8, 4) is 17.6 Å². The summed E-state index contributed by atoms with van der Waals surface area (Å²) < 4.78 is 16.1. The fraction of sp³-hybridized carbons (Fsp3) is 0.0870. The van der Waals surface area contributed by atoms with Gasteiger partial charge in [0.05, 0.1) is 17.8 Å². The smallest absolute Gasteiger partial charge is 0.371 e. The SMILES string of the molecule is COc1cc(/C=C(/C#N)C(=O)Nc2ccccc2Cl)ccc1OCc1ccc(C(=O)O)o1. The monoisotopic (exact) mass is 452 g/mol. The van der Waals surface area contributed by atoms with Crippen LogP contribution in [0.4, 0.5) is 5.69 Å². The number of carboxylic acid groups (broad SMARTS) is 1. The van der Waals surface area contributed by atoms with E-state index < -0.39 is 11.9 Å². The molecule has 32 heavy (non-hydrogen) atoms. The van der Waals surface area contributed by atoms with Crippen molar-refractivity contribution in [2.75, 3.05) is 12.4 Å². The average Bonchev–Trinajstić information content (AvgIpc) is 3.27. The van der Waals surface area contributed by atoms with E-state index >= 15 is 0 Å². The van der Waals surface area contributed by atoms with Gasteiger partial charge in [0.25, 0.3) is 5.91 Å². The first-order valence-corrected chi connectivity index (χ1v) is 9.59. The number of aromatic carboxylic acids is 1. The van der Waals surface area contributed by atoms with E-state index in [2.05, 4.69) is 5.32 Å². The van der Waals surface area contributed by atoms with Gasteiger partial charge in [0.1, 0.15) is 24.0 Å². The molecular weight excluding hydrogens is 436 g/mol. The van der Waals surface area contributed by atoms with E-state index in [9.17, 15) is 14.9 Å². The van der Waals surface area contributed by atoms with Crippen LogP contribution in [-0.4, -0.2) is 24.1 Å². The van der Waals surface area contributed by atoms with Crippen LogP contribution in [0.3, 0.4) is 0 Å². The van der Waals surface area contributed by atoms with E-state index in [1.54, 1.807) is 42.5 Å². The number of benzene rings is 2. The van der Waals surface area contributed by atoms with Gasteiger partial charge < -0.3 is 24.3 Å². The highest BCUT2D eigenvalue weighted by atomic mass is 35.5. The van der Waals surface area contributed by atoms with Gasteiger partial charge in [-0.2, -0.15) is 5.26 Å². The van der Waals surface area contributed by atoms with Crippen molar-refractivity contribution >= 4 is 35.2 Å². The van der Waals surface area contributed by atoms with Crippen LogP contribution in [0.2, 0.25) is 5.02 Å². The number of furan rings is 1. The summed E-state index contributed by atoms with van der Waals surface area (Å²) in [6.07, 6.45) is 1.41. The molecule has 0 atom stereocenters. The molecule has 0 spiro atoms. The van der Waals surface area contributed by atoms with Crippen LogP contribution in [0.25, 0.3) is 6.08 Å². The first-order valence-electron chi connectivity index (χ1n) is 9.21. The molecule has 3 rings (SSSR count). The molecule has 0 unspecified atom stereocenters. The lowest BCUT2D eigenvalue weighted by Gasteiger charge is -2.11. The molecule has 0 bridgehead atoms. The minimum Gasteiger partial charge on any atom is -0.493 e. The molecule has 0 aliphatic rings. The number of ether oxygens (including phenoxy) is 2. The minimum absolute atomic E-state index is 0.0114. The largest absolute Gasteiger partial charge is 0.493 e. The van der Waals surface area contributed by atoms with E-state index in [-0.39, 0.29) is 17.9 Å². The highest BCUT2D eigenvalue weighted by molar-refractivity contribution is 6.34. The number of carbonyl (C=O) groups excluding carboxylic acids is 1. The normalized spacial score (nSPS) is 10.8. The van der Waals surface area contributed by atoms with Crippen molar-refractivity contribution in [3.05, 3.63) is 82.3 Å². The summed E-state index contributed by atoms with van der Waals surface area (Å²) in [4.78, 5) is 23.4. The van der Waals surface area contributed by atoms with Gasteiger partial charge in [-0.15, -0.1) is 0 Å². The predicted molar refractivity (Wildman–Crippen MR) is 117 cm³/mol. The Morgan fingerprint density at radius 2 is 1.97 bits per heavy atom. The van der Waals surface area contributed by atoms with E-state index in [1.165, 1.54) is 25.3 Å². The number of para-hydroxylation sites is 1. The molecule has 1 aromatic heterocycles. The molecule has 3 aromatic rings. The molecule has 8 nitrogen and oxygen atoms in total. The molecule has 1 amide bonds. The average molecular weight is 453 g/mol. The van der Waals surface area contributed by atoms with Crippen molar-refractivity contribution in [1.29, 1.82) is 5.26 Å². The molecule has 162 valence electrons. The number of amides is 1. The van der Waals surface area contributed by atoms with Crippen LogP contribution in [0, 0.1) is 11.3 Å². The van der Waals surface area contributed by atoms with Crippen molar-refractivity contribution in [1.82, 2.24) is 0 Å². The summed E-state index contributed by atoms with van der Waals surface area (Å²) in [5.41, 5.74) is 0.800. The molecule has 0 saturated heterocycles. The highest BCUT2D eigenvalue weighted by Gasteiger charge is 2.14. The molecule has 2 aromatic carbocycles. The number of nitrogens with zero attached hydrogens (tertiary/aromatic N) is 1. The molecule has 0 fully saturated rings. The van der Waals surface area contributed by atoms with Crippen molar-refractivity contribution in [2.45, 2.75) is 6.61 Å². The van der Waals surface area contributed by atoms with E-state index in [4.69, 9.17) is 30.6 Å². The third-order valence-electron chi connectivity index (χ3n) is 4.23. The van der Waals surface area contributed by atoms with E-state index in [0.717, 1.165) is 0 Å². The van der Waals surface area contributed by atoms with Gasteiger partial charge in [-0.05, 0) is 48.0 Å². The number of nitrogens with one attached hydrogen (secondary N) is 1. The second-order valence-electron chi connectivity index (χ2n) is 6.37. The summed E-state index contributed by atoms with van der Waals surface area (Å²) in [7, 11) is 1.44. The maximum atomic E-state index is 12.5. The topological polar surface area (TPSA) is 122 Å². The van der Waals surface area contributed by atoms with Crippen LogP contribution >= 0.6 is 11.6 Å². The van der Waals surface area contributed by atoms with Gasteiger partial charge in [0.2, 0.25) is 5.76 Å². The number of nitriles is 1. The zero-order valence-electron chi connectivity index (χ0n) is 16.8. The number of carboxylic acids is 1.